The lowest BCUT2D eigenvalue weighted by Gasteiger charge is -2.35. The van der Waals surface area contributed by atoms with Gasteiger partial charge in [0.25, 0.3) is 0 Å². The largest absolute Gasteiger partial charge is 0.444 e. The van der Waals surface area contributed by atoms with Gasteiger partial charge in [-0.3, -0.25) is 4.68 Å². The highest BCUT2D eigenvalue weighted by Crippen LogP contribution is 2.32. The minimum atomic E-state index is -0.563. The molecule has 0 spiro atoms. The first kappa shape index (κ1) is 18.5. The number of aryl methyl sites for hydroxylation is 1. The number of aromatic nitrogens is 5. The van der Waals surface area contributed by atoms with E-state index in [0.717, 1.165) is 16.6 Å². The van der Waals surface area contributed by atoms with Gasteiger partial charge < -0.3 is 19.9 Å². The molecule has 2 N–H and O–H groups in total. The zero-order chi connectivity index (χ0) is 20.1. The molecule has 10 heteroatoms. The van der Waals surface area contributed by atoms with E-state index in [9.17, 15) is 4.79 Å². The molecule has 0 bridgehead atoms. The van der Waals surface area contributed by atoms with E-state index in [2.05, 4.69) is 25.4 Å². The third kappa shape index (κ3) is 3.49. The number of rotatable bonds is 2. The second-order valence-corrected chi connectivity index (χ2v) is 8.16. The van der Waals surface area contributed by atoms with Gasteiger partial charge in [0.15, 0.2) is 0 Å². The molecular weight excluding hydrogens is 382 g/mol. The molecule has 1 aliphatic heterocycles. The van der Waals surface area contributed by atoms with Crippen molar-refractivity contribution in [3.8, 4) is 0 Å². The smallest absolute Gasteiger partial charge is 0.410 e. The molecule has 1 amide bonds. The standard InChI is InChI=1S/C18H22ClN7O2/c1-18(2,3)28-17(27)26-8-10-7-21-25(4)13(10)12(9-26)22-15-11-5-6-20-14(11)23-16(19)24-15/h5-7,12H,8-9H2,1-4H3,(H2,20,22,23,24). The van der Waals surface area contributed by atoms with Gasteiger partial charge >= 0.3 is 6.09 Å². The third-order valence-electron chi connectivity index (χ3n) is 4.51. The fourth-order valence-corrected chi connectivity index (χ4v) is 3.58. The van der Waals surface area contributed by atoms with Crippen molar-refractivity contribution in [1.82, 2.24) is 29.6 Å². The summed E-state index contributed by atoms with van der Waals surface area (Å²) in [5, 5.41) is 8.74. The molecule has 0 saturated heterocycles. The van der Waals surface area contributed by atoms with Crippen LogP contribution in [0.5, 0.6) is 0 Å². The number of ether oxygens (including phenoxy) is 1. The first-order chi connectivity index (χ1) is 13.2. The second kappa shape index (κ2) is 6.66. The first-order valence-corrected chi connectivity index (χ1v) is 9.35. The third-order valence-corrected chi connectivity index (χ3v) is 4.68. The van der Waals surface area contributed by atoms with Gasteiger partial charge in [-0.05, 0) is 38.4 Å². The quantitative estimate of drug-likeness (QED) is 0.637. The van der Waals surface area contributed by atoms with Crippen molar-refractivity contribution in [2.45, 2.75) is 39.0 Å². The molecule has 3 aromatic heterocycles. The fraction of sp³-hybridized carbons (Fsp3) is 0.444. The molecule has 0 radical (unpaired) electrons. The summed E-state index contributed by atoms with van der Waals surface area (Å²) in [5.41, 5.74) is 2.04. The number of amides is 1. The van der Waals surface area contributed by atoms with Crippen molar-refractivity contribution in [3.63, 3.8) is 0 Å². The number of anilines is 1. The number of halogens is 1. The predicted molar refractivity (Wildman–Crippen MR) is 105 cm³/mol. The number of H-pyrrole nitrogens is 1. The van der Waals surface area contributed by atoms with Crippen LogP contribution in [0.4, 0.5) is 10.6 Å². The molecule has 4 heterocycles. The number of hydrogen-bond donors (Lipinski definition) is 2. The molecule has 0 fully saturated rings. The molecule has 3 aromatic rings. The predicted octanol–water partition coefficient (Wildman–Crippen LogP) is 3.25. The van der Waals surface area contributed by atoms with Gasteiger partial charge in [0, 0.05) is 18.8 Å². The fourth-order valence-electron chi connectivity index (χ4n) is 3.41. The van der Waals surface area contributed by atoms with Gasteiger partial charge in [0.2, 0.25) is 5.28 Å². The highest BCUT2D eigenvalue weighted by Gasteiger charge is 2.33. The van der Waals surface area contributed by atoms with Crippen LogP contribution in [0.3, 0.4) is 0 Å². The highest BCUT2D eigenvalue weighted by molar-refractivity contribution is 6.28. The average molecular weight is 404 g/mol. The van der Waals surface area contributed by atoms with Crippen molar-refractivity contribution < 1.29 is 9.53 Å². The van der Waals surface area contributed by atoms with Gasteiger partial charge in [0.05, 0.1) is 36.4 Å². The van der Waals surface area contributed by atoms with Crippen LogP contribution in [0.1, 0.15) is 38.1 Å². The molecule has 0 aliphatic carbocycles. The second-order valence-electron chi connectivity index (χ2n) is 7.82. The summed E-state index contributed by atoms with van der Waals surface area (Å²) in [4.78, 5) is 25.9. The Bertz CT molecular complexity index is 1040. The molecule has 1 unspecified atom stereocenters. The van der Waals surface area contributed by atoms with Crippen LogP contribution in [0.2, 0.25) is 5.28 Å². The van der Waals surface area contributed by atoms with Crippen LogP contribution in [0.25, 0.3) is 11.0 Å². The van der Waals surface area contributed by atoms with E-state index in [1.807, 2.05) is 38.6 Å². The lowest BCUT2D eigenvalue weighted by atomic mass is 10.0. The van der Waals surface area contributed by atoms with E-state index < -0.39 is 5.60 Å². The zero-order valence-electron chi connectivity index (χ0n) is 16.2. The van der Waals surface area contributed by atoms with Gasteiger partial charge in [0.1, 0.15) is 17.1 Å². The highest BCUT2D eigenvalue weighted by atomic mass is 35.5. The number of carbonyl (C=O) groups is 1. The molecule has 4 rings (SSSR count). The zero-order valence-corrected chi connectivity index (χ0v) is 16.9. The van der Waals surface area contributed by atoms with Crippen LogP contribution in [-0.4, -0.2) is 47.9 Å². The molecule has 0 saturated carbocycles. The van der Waals surface area contributed by atoms with Gasteiger partial charge in [-0.15, -0.1) is 0 Å². The first-order valence-electron chi connectivity index (χ1n) is 8.97. The van der Waals surface area contributed by atoms with Crippen molar-refractivity contribution in [1.29, 1.82) is 0 Å². The maximum absolute atomic E-state index is 12.7. The summed E-state index contributed by atoms with van der Waals surface area (Å²) in [6.45, 7) is 6.41. The Morgan fingerprint density at radius 3 is 2.93 bits per heavy atom. The molecule has 0 aromatic carbocycles. The van der Waals surface area contributed by atoms with E-state index in [1.54, 1.807) is 17.3 Å². The Morgan fingerprint density at radius 1 is 1.39 bits per heavy atom. The molecule has 9 nitrogen and oxygen atoms in total. The number of carbonyl (C=O) groups excluding carboxylic acids is 1. The van der Waals surface area contributed by atoms with Crippen LogP contribution in [0, 0.1) is 0 Å². The van der Waals surface area contributed by atoms with Crippen molar-refractivity contribution in [2.75, 3.05) is 11.9 Å². The Morgan fingerprint density at radius 2 is 2.18 bits per heavy atom. The topological polar surface area (TPSA) is 101 Å². The molecule has 28 heavy (non-hydrogen) atoms. The summed E-state index contributed by atoms with van der Waals surface area (Å²) >= 11 is 6.08. The van der Waals surface area contributed by atoms with Crippen molar-refractivity contribution in [3.05, 3.63) is 35.0 Å². The van der Waals surface area contributed by atoms with Crippen molar-refractivity contribution >= 4 is 34.5 Å². The Labute approximate surface area is 167 Å². The SMILES string of the molecule is Cn1ncc2c1C(Nc1nc(Cl)nc3[nH]ccc13)CN(C(=O)OC(C)(C)C)C2. The number of nitrogens with zero attached hydrogens (tertiary/aromatic N) is 5. The molecule has 1 atom stereocenters. The summed E-state index contributed by atoms with van der Waals surface area (Å²) in [5.74, 6) is 0.597. The van der Waals surface area contributed by atoms with E-state index in [4.69, 9.17) is 16.3 Å². The normalized spacial score (nSPS) is 16.9. The summed E-state index contributed by atoms with van der Waals surface area (Å²) in [7, 11) is 1.88. The van der Waals surface area contributed by atoms with Crippen molar-refractivity contribution in [2.24, 2.45) is 7.05 Å². The number of hydrogen-bond acceptors (Lipinski definition) is 6. The molecular formula is C18H22ClN7O2. The summed E-state index contributed by atoms with van der Waals surface area (Å²) in [6, 6.07) is 1.65. The van der Waals surface area contributed by atoms with Gasteiger partial charge in [-0.2, -0.15) is 10.1 Å². The van der Waals surface area contributed by atoms with Crippen LogP contribution >= 0.6 is 11.6 Å². The number of nitrogens with one attached hydrogen (secondary N) is 2. The maximum Gasteiger partial charge on any atom is 0.410 e. The van der Waals surface area contributed by atoms with Crippen LogP contribution in [0.15, 0.2) is 18.5 Å². The summed E-state index contributed by atoms with van der Waals surface area (Å²) < 4.78 is 7.37. The van der Waals surface area contributed by atoms with Gasteiger partial charge in [-0.1, -0.05) is 0 Å². The van der Waals surface area contributed by atoms with Gasteiger partial charge in [-0.25, -0.2) is 9.78 Å². The van der Waals surface area contributed by atoms with Crippen LogP contribution in [-0.2, 0) is 18.3 Å². The van der Waals surface area contributed by atoms with E-state index >= 15 is 0 Å². The molecule has 1 aliphatic rings. The Hall–Kier alpha value is -2.81. The van der Waals surface area contributed by atoms with Crippen LogP contribution < -0.4 is 5.32 Å². The Balaban J connectivity index is 1.67. The Kier molecular flexibility index (Phi) is 4.41. The van der Waals surface area contributed by atoms with E-state index in [0.29, 0.717) is 24.6 Å². The van der Waals surface area contributed by atoms with E-state index in [-0.39, 0.29) is 17.4 Å². The summed E-state index contributed by atoms with van der Waals surface area (Å²) in [6.07, 6.45) is 3.20. The lowest BCUT2D eigenvalue weighted by molar-refractivity contribution is 0.0209. The van der Waals surface area contributed by atoms with E-state index in [1.165, 1.54) is 0 Å². The number of fused-ring (bicyclic) bond motifs is 2. The minimum absolute atomic E-state index is 0.141. The lowest BCUT2D eigenvalue weighted by Crippen LogP contribution is -2.43. The monoisotopic (exact) mass is 403 g/mol. The maximum atomic E-state index is 12.7. The number of aromatic amines is 1. The molecule has 148 valence electrons. The average Bonchev–Trinajstić information content (AvgIpc) is 3.20. The minimum Gasteiger partial charge on any atom is -0.444 e.